The van der Waals surface area contributed by atoms with Crippen LogP contribution in [-0.4, -0.2) is 30.3 Å². The van der Waals surface area contributed by atoms with Crippen LogP contribution in [0, 0.1) is 5.82 Å². The fourth-order valence-electron chi connectivity index (χ4n) is 1.93. The van der Waals surface area contributed by atoms with Gasteiger partial charge in [0.05, 0.1) is 17.4 Å². The van der Waals surface area contributed by atoms with E-state index in [1.807, 2.05) is 0 Å². The summed E-state index contributed by atoms with van der Waals surface area (Å²) < 4.78 is 18.7. The second-order valence-corrected chi connectivity index (χ2v) is 4.14. The highest BCUT2D eigenvalue weighted by molar-refractivity contribution is 5.94. The molecule has 5 heteroatoms. The monoisotopic (exact) mass is 239 g/mol. The molecule has 0 atom stereocenters. The molecular weight excluding hydrogens is 225 g/mol. The molecule has 0 heterocycles. The molecule has 1 aromatic carbocycles. The van der Waals surface area contributed by atoms with Gasteiger partial charge in [0.15, 0.2) is 0 Å². The van der Waals surface area contributed by atoms with E-state index in [-0.39, 0.29) is 23.4 Å². The minimum atomic E-state index is -1.13. The molecule has 2 N–H and O–H groups in total. The van der Waals surface area contributed by atoms with Gasteiger partial charge in [-0.05, 0) is 25.0 Å². The van der Waals surface area contributed by atoms with Gasteiger partial charge in [-0.3, -0.25) is 0 Å². The lowest BCUT2D eigenvalue weighted by Gasteiger charge is -2.35. The van der Waals surface area contributed by atoms with Crippen molar-refractivity contribution < 1.29 is 19.0 Å². The van der Waals surface area contributed by atoms with Gasteiger partial charge in [-0.2, -0.15) is 0 Å². The number of anilines is 1. The summed E-state index contributed by atoms with van der Waals surface area (Å²) >= 11 is 0. The summed E-state index contributed by atoms with van der Waals surface area (Å²) in [5.74, 6) is -1.67. The van der Waals surface area contributed by atoms with Gasteiger partial charge in [0, 0.05) is 13.2 Å². The maximum absolute atomic E-state index is 13.6. The van der Waals surface area contributed by atoms with Gasteiger partial charge in [-0.25, -0.2) is 9.18 Å². The fourth-order valence-corrected chi connectivity index (χ4v) is 1.93. The Bertz CT molecular complexity index is 430. The maximum atomic E-state index is 13.6. The van der Waals surface area contributed by atoms with E-state index >= 15 is 0 Å². The number of ether oxygens (including phenoxy) is 1. The van der Waals surface area contributed by atoms with Crippen LogP contribution in [0.4, 0.5) is 10.1 Å². The molecule has 1 aliphatic rings. The Morgan fingerprint density at radius 2 is 2.24 bits per heavy atom. The van der Waals surface area contributed by atoms with Crippen LogP contribution in [0.3, 0.4) is 0 Å². The molecule has 0 unspecified atom stereocenters. The van der Waals surface area contributed by atoms with Crippen molar-refractivity contribution >= 4 is 11.7 Å². The zero-order chi connectivity index (χ0) is 12.4. The largest absolute Gasteiger partial charge is 0.478 e. The molecule has 1 fully saturated rings. The molecule has 17 heavy (non-hydrogen) atoms. The first-order chi connectivity index (χ1) is 8.11. The van der Waals surface area contributed by atoms with E-state index in [0.29, 0.717) is 0 Å². The number of carbonyl (C=O) groups is 1. The minimum absolute atomic E-state index is 0.0362. The number of benzene rings is 1. The first-order valence-corrected chi connectivity index (χ1v) is 5.43. The summed E-state index contributed by atoms with van der Waals surface area (Å²) in [5, 5.41) is 11.9. The number of aromatic carboxylic acids is 1. The Morgan fingerprint density at radius 1 is 1.53 bits per heavy atom. The average molecular weight is 239 g/mol. The van der Waals surface area contributed by atoms with Gasteiger partial charge in [0.2, 0.25) is 0 Å². The number of nitrogens with one attached hydrogen (secondary N) is 1. The molecule has 0 aliphatic heterocycles. The first-order valence-electron chi connectivity index (χ1n) is 5.43. The van der Waals surface area contributed by atoms with Gasteiger partial charge in [-0.1, -0.05) is 6.07 Å². The third-order valence-corrected chi connectivity index (χ3v) is 3.02. The van der Waals surface area contributed by atoms with Crippen molar-refractivity contribution in [2.24, 2.45) is 0 Å². The molecule has 0 radical (unpaired) electrons. The van der Waals surface area contributed by atoms with E-state index < -0.39 is 11.8 Å². The summed E-state index contributed by atoms with van der Waals surface area (Å²) in [6.07, 6.45) is 1.72. The van der Waals surface area contributed by atoms with Crippen molar-refractivity contribution in [3.8, 4) is 0 Å². The summed E-state index contributed by atoms with van der Waals surface area (Å²) in [6, 6.07) is 4.11. The highest BCUT2D eigenvalue weighted by Crippen LogP contribution is 2.29. The quantitative estimate of drug-likeness (QED) is 0.844. The Morgan fingerprint density at radius 3 is 2.82 bits per heavy atom. The Balaban J connectivity index is 2.12. The molecule has 2 rings (SSSR count). The van der Waals surface area contributed by atoms with Crippen molar-refractivity contribution in [2.45, 2.75) is 25.0 Å². The molecule has 0 spiro atoms. The van der Waals surface area contributed by atoms with E-state index in [1.165, 1.54) is 18.2 Å². The molecule has 1 aliphatic carbocycles. The first kappa shape index (κ1) is 11.9. The third-order valence-electron chi connectivity index (χ3n) is 3.02. The second kappa shape index (κ2) is 4.71. The van der Waals surface area contributed by atoms with Crippen molar-refractivity contribution in [3.63, 3.8) is 0 Å². The van der Waals surface area contributed by atoms with Crippen LogP contribution in [0.25, 0.3) is 0 Å². The SMILES string of the molecule is COC1CC(Nc2c(F)cccc2C(=O)O)C1. The zero-order valence-corrected chi connectivity index (χ0v) is 9.44. The van der Waals surface area contributed by atoms with Crippen molar-refractivity contribution in [3.05, 3.63) is 29.6 Å². The van der Waals surface area contributed by atoms with Crippen LogP contribution in [-0.2, 0) is 4.74 Å². The molecule has 0 amide bonds. The summed E-state index contributed by atoms with van der Waals surface area (Å²) in [4.78, 5) is 11.0. The van der Waals surface area contributed by atoms with Gasteiger partial charge >= 0.3 is 5.97 Å². The Kier molecular flexibility index (Phi) is 3.28. The smallest absolute Gasteiger partial charge is 0.337 e. The van der Waals surface area contributed by atoms with Crippen LogP contribution in [0.2, 0.25) is 0 Å². The van der Waals surface area contributed by atoms with E-state index in [1.54, 1.807) is 7.11 Å². The predicted octanol–water partition coefficient (Wildman–Crippen LogP) is 2.11. The number of hydrogen-bond donors (Lipinski definition) is 2. The second-order valence-electron chi connectivity index (χ2n) is 4.14. The number of methoxy groups -OCH3 is 1. The van der Waals surface area contributed by atoms with Crippen LogP contribution >= 0.6 is 0 Å². The number of halogens is 1. The normalized spacial score (nSPS) is 22.9. The molecule has 0 saturated heterocycles. The van der Waals surface area contributed by atoms with Crippen LogP contribution in [0.1, 0.15) is 23.2 Å². The zero-order valence-electron chi connectivity index (χ0n) is 9.44. The average Bonchev–Trinajstić information content (AvgIpc) is 2.24. The van der Waals surface area contributed by atoms with Crippen molar-refractivity contribution in [2.75, 3.05) is 12.4 Å². The summed E-state index contributed by atoms with van der Waals surface area (Å²) in [5.41, 5.74) is 0.0328. The minimum Gasteiger partial charge on any atom is -0.478 e. The molecule has 92 valence electrons. The van der Waals surface area contributed by atoms with Crippen molar-refractivity contribution in [1.29, 1.82) is 0 Å². The number of carboxylic acids is 1. The fraction of sp³-hybridized carbons (Fsp3) is 0.417. The van der Waals surface area contributed by atoms with Crippen LogP contribution < -0.4 is 5.32 Å². The maximum Gasteiger partial charge on any atom is 0.337 e. The molecule has 1 aromatic rings. The standard InChI is InChI=1S/C12H14FNO3/c1-17-8-5-7(6-8)14-11-9(12(15)16)3-2-4-10(11)13/h2-4,7-8,14H,5-6H2,1H3,(H,15,16). The Hall–Kier alpha value is -1.62. The Labute approximate surface area is 98.4 Å². The van der Waals surface area contributed by atoms with Gasteiger partial charge in [0.25, 0.3) is 0 Å². The lowest BCUT2D eigenvalue weighted by atomic mass is 9.89. The van der Waals surface area contributed by atoms with Crippen molar-refractivity contribution in [1.82, 2.24) is 0 Å². The van der Waals surface area contributed by atoms with Crippen LogP contribution in [0.15, 0.2) is 18.2 Å². The molecule has 0 aromatic heterocycles. The van der Waals surface area contributed by atoms with E-state index in [0.717, 1.165) is 12.8 Å². The lowest BCUT2D eigenvalue weighted by Crippen LogP contribution is -2.40. The predicted molar refractivity (Wildman–Crippen MR) is 60.8 cm³/mol. The summed E-state index contributed by atoms with van der Waals surface area (Å²) in [7, 11) is 1.63. The van der Waals surface area contributed by atoms with E-state index in [2.05, 4.69) is 5.32 Å². The number of para-hydroxylation sites is 1. The molecular formula is C12H14FNO3. The van der Waals surface area contributed by atoms with E-state index in [9.17, 15) is 9.18 Å². The molecule has 0 bridgehead atoms. The van der Waals surface area contributed by atoms with E-state index in [4.69, 9.17) is 9.84 Å². The molecule has 4 nitrogen and oxygen atoms in total. The number of carboxylic acid groups (broad SMARTS) is 1. The highest BCUT2D eigenvalue weighted by Gasteiger charge is 2.30. The van der Waals surface area contributed by atoms with Gasteiger partial charge < -0.3 is 15.2 Å². The van der Waals surface area contributed by atoms with Crippen LogP contribution in [0.5, 0.6) is 0 Å². The lowest BCUT2D eigenvalue weighted by molar-refractivity contribution is 0.0327. The van der Waals surface area contributed by atoms with Gasteiger partial charge in [0.1, 0.15) is 5.82 Å². The topological polar surface area (TPSA) is 58.6 Å². The third kappa shape index (κ3) is 2.39. The number of hydrogen-bond acceptors (Lipinski definition) is 3. The highest BCUT2D eigenvalue weighted by atomic mass is 19.1. The number of rotatable bonds is 4. The van der Waals surface area contributed by atoms with Gasteiger partial charge in [-0.15, -0.1) is 0 Å². The molecule has 1 saturated carbocycles. The summed E-state index contributed by atoms with van der Waals surface area (Å²) in [6.45, 7) is 0.